The van der Waals surface area contributed by atoms with Crippen molar-refractivity contribution in [2.24, 2.45) is 5.92 Å². The fraction of sp³-hybridized carbons (Fsp3) is 0.632. The zero-order chi connectivity index (χ0) is 17.1. The summed E-state index contributed by atoms with van der Waals surface area (Å²) < 4.78 is 10.9. The second kappa shape index (κ2) is 7.62. The molecule has 3 aliphatic heterocycles. The predicted octanol–water partition coefficient (Wildman–Crippen LogP) is 1.49. The molecule has 4 rings (SSSR count). The molecule has 6 heteroatoms. The lowest BCUT2D eigenvalue weighted by Gasteiger charge is -2.35. The van der Waals surface area contributed by atoms with Gasteiger partial charge in [-0.15, -0.1) is 0 Å². The molecule has 6 nitrogen and oxygen atoms in total. The summed E-state index contributed by atoms with van der Waals surface area (Å²) in [5, 5.41) is 3.06. The van der Waals surface area contributed by atoms with Crippen molar-refractivity contribution >= 4 is 6.03 Å². The first-order valence-corrected chi connectivity index (χ1v) is 9.35. The standard InChI is InChI=1S/C19H27N3O3/c23-19(20-12-16-3-9-24-14-16)22-7-5-21(6-8-22)13-15-1-2-18-17(11-15)4-10-25-18/h1-2,11,16H,3-10,12-14H2,(H,20,23)/t16-/m0/s1. The number of nitrogens with one attached hydrogen (secondary N) is 1. The molecule has 3 aliphatic rings. The van der Waals surface area contributed by atoms with Gasteiger partial charge in [0.05, 0.1) is 13.2 Å². The summed E-state index contributed by atoms with van der Waals surface area (Å²) in [5.74, 6) is 1.52. The van der Waals surface area contributed by atoms with Gasteiger partial charge in [0.15, 0.2) is 0 Å². The van der Waals surface area contributed by atoms with Crippen LogP contribution in [0.4, 0.5) is 4.79 Å². The first-order chi connectivity index (χ1) is 12.3. The van der Waals surface area contributed by atoms with Crippen LogP contribution in [0.5, 0.6) is 5.75 Å². The third-order valence-corrected chi connectivity index (χ3v) is 5.39. The Kier molecular flexibility index (Phi) is 5.08. The van der Waals surface area contributed by atoms with Crippen LogP contribution in [0, 0.1) is 5.92 Å². The zero-order valence-corrected chi connectivity index (χ0v) is 14.7. The SMILES string of the molecule is O=C(NC[C@@H]1CCOC1)N1CCN(Cc2ccc3c(c2)CCO3)CC1. The molecule has 3 heterocycles. The average molecular weight is 345 g/mol. The van der Waals surface area contributed by atoms with Crippen molar-refractivity contribution < 1.29 is 14.3 Å². The van der Waals surface area contributed by atoms with Crippen LogP contribution in [0.1, 0.15) is 17.5 Å². The molecule has 0 aliphatic carbocycles. The van der Waals surface area contributed by atoms with Gasteiger partial charge in [0.2, 0.25) is 0 Å². The van der Waals surface area contributed by atoms with Gasteiger partial charge in [0.25, 0.3) is 0 Å². The number of hydrogen-bond donors (Lipinski definition) is 1. The van der Waals surface area contributed by atoms with Crippen molar-refractivity contribution in [3.63, 3.8) is 0 Å². The van der Waals surface area contributed by atoms with Crippen LogP contribution in [0.2, 0.25) is 0 Å². The zero-order valence-electron chi connectivity index (χ0n) is 14.7. The molecule has 1 aromatic rings. The molecule has 1 N–H and O–H groups in total. The third kappa shape index (κ3) is 4.07. The first-order valence-electron chi connectivity index (χ1n) is 9.35. The van der Waals surface area contributed by atoms with E-state index in [9.17, 15) is 4.79 Å². The summed E-state index contributed by atoms with van der Waals surface area (Å²) in [4.78, 5) is 16.6. The van der Waals surface area contributed by atoms with Crippen LogP contribution in [0.25, 0.3) is 0 Å². The lowest BCUT2D eigenvalue weighted by atomic mass is 10.1. The van der Waals surface area contributed by atoms with E-state index in [0.717, 1.165) is 77.7 Å². The number of nitrogens with zero attached hydrogens (tertiary/aromatic N) is 2. The Morgan fingerprint density at radius 1 is 1.20 bits per heavy atom. The summed E-state index contributed by atoms with van der Waals surface area (Å²) in [6, 6.07) is 6.59. The summed E-state index contributed by atoms with van der Waals surface area (Å²) in [7, 11) is 0. The van der Waals surface area contributed by atoms with Gasteiger partial charge in [0.1, 0.15) is 5.75 Å². The van der Waals surface area contributed by atoms with E-state index in [0.29, 0.717) is 5.92 Å². The Labute approximate surface area is 149 Å². The quantitative estimate of drug-likeness (QED) is 0.898. The number of carbonyl (C=O) groups is 1. The van der Waals surface area contributed by atoms with Crippen LogP contribution in [0.15, 0.2) is 18.2 Å². The lowest BCUT2D eigenvalue weighted by molar-refractivity contribution is 0.134. The van der Waals surface area contributed by atoms with Crippen LogP contribution in [-0.4, -0.2) is 68.4 Å². The second-order valence-electron chi connectivity index (χ2n) is 7.22. The number of fused-ring (bicyclic) bond motifs is 1. The molecule has 0 saturated carbocycles. The van der Waals surface area contributed by atoms with Crippen molar-refractivity contribution in [3.05, 3.63) is 29.3 Å². The summed E-state index contributed by atoms with van der Waals surface area (Å²) in [6.07, 6.45) is 2.07. The molecule has 0 aromatic heterocycles. The van der Waals surface area contributed by atoms with Gasteiger partial charge >= 0.3 is 6.03 Å². The van der Waals surface area contributed by atoms with Gasteiger partial charge in [-0.3, -0.25) is 4.90 Å². The molecule has 2 saturated heterocycles. The Morgan fingerprint density at radius 3 is 2.88 bits per heavy atom. The number of amides is 2. The normalized spacial score (nSPS) is 23.4. The number of benzene rings is 1. The summed E-state index contributed by atoms with van der Waals surface area (Å²) in [5.41, 5.74) is 2.66. The van der Waals surface area contributed by atoms with Crippen molar-refractivity contribution in [1.29, 1.82) is 0 Å². The second-order valence-corrected chi connectivity index (χ2v) is 7.22. The Balaban J connectivity index is 1.22. The van der Waals surface area contributed by atoms with Gasteiger partial charge in [-0.05, 0) is 23.6 Å². The highest BCUT2D eigenvalue weighted by atomic mass is 16.5. The number of hydrogen-bond acceptors (Lipinski definition) is 4. The average Bonchev–Trinajstić information content (AvgIpc) is 3.31. The van der Waals surface area contributed by atoms with Gasteiger partial charge in [-0.1, -0.05) is 12.1 Å². The minimum Gasteiger partial charge on any atom is -0.493 e. The lowest BCUT2D eigenvalue weighted by Crippen LogP contribution is -2.52. The van der Waals surface area contributed by atoms with Crippen molar-refractivity contribution in [2.45, 2.75) is 19.4 Å². The molecule has 1 aromatic carbocycles. The third-order valence-electron chi connectivity index (χ3n) is 5.39. The molecule has 2 amide bonds. The van der Waals surface area contributed by atoms with Crippen LogP contribution in [0.3, 0.4) is 0 Å². The van der Waals surface area contributed by atoms with Crippen molar-refractivity contribution in [1.82, 2.24) is 15.1 Å². The molecule has 136 valence electrons. The highest BCUT2D eigenvalue weighted by Crippen LogP contribution is 2.26. The van der Waals surface area contributed by atoms with E-state index < -0.39 is 0 Å². The number of rotatable bonds is 4. The molecule has 25 heavy (non-hydrogen) atoms. The monoisotopic (exact) mass is 345 g/mol. The smallest absolute Gasteiger partial charge is 0.317 e. The fourth-order valence-corrected chi connectivity index (χ4v) is 3.79. The number of ether oxygens (including phenoxy) is 2. The highest BCUT2D eigenvalue weighted by molar-refractivity contribution is 5.74. The van der Waals surface area contributed by atoms with Crippen LogP contribution < -0.4 is 10.1 Å². The van der Waals surface area contributed by atoms with Crippen molar-refractivity contribution in [3.8, 4) is 5.75 Å². The largest absolute Gasteiger partial charge is 0.493 e. The number of piperazine rings is 1. The number of carbonyl (C=O) groups excluding carboxylic acids is 1. The molecule has 2 fully saturated rings. The van der Waals surface area contributed by atoms with Gasteiger partial charge < -0.3 is 19.7 Å². The highest BCUT2D eigenvalue weighted by Gasteiger charge is 2.23. The number of urea groups is 1. The van der Waals surface area contributed by atoms with Crippen molar-refractivity contribution in [2.75, 3.05) is 52.5 Å². The van der Waals surface area contributed by atoms with Crippen LogP contribution in [-0.2, 0) is 17.7 Å². The van der Waals surface area contributed by atoms with E-state index in [1.165, 1.54) is 11.1 Å². The fourth-order valence-electron chi connectivity index (χ4n) is 3.79. The summed E-state index contributed by atoms with van der Waals surface area (Å²) in [6.45, 7) is 7.52. The maximum absolute atomic E-state index is 12.3. The molecular weight excluding hydrogens is 318 g/mol. The van der Waals surface area contributed by atoms with E-state index in [1.54, 1.807) is 0 Å². The van der Waals surface area contributed by atoms with Crippen LogP contribution >= 0.6 is 0 Å². The molecule has 0 bridgehead atoms. The summed E-state index contributed by atoms with van der Waals surface area (Å²) >= 11 is 0. The van der Waals surface area contributed by atoms with E-state index in [1.807, 2.05) is 4.90 Å². The molecule has 0 unspecified atom stereocenters. The topological polar surface area (TPSA) is 54.0 Å². The van der Waals surface area contributed by atoms with Gasteiger partial charge in [-0.2, -0.15) is 0 Å². The van der Waals surface area contributed by atoms with E-state index in [-0.39, 0.29) is 6.03 Å². The Bertz CT molecular complexity index is 608. The van der Waals surface area contributed by atoms with E-state index in [4.69, 9.17) is 9.47 Å². The minimum absolute atomic E-state index is 0.0706. The van der Waals surface area contributed by atoms with Gasteiger partial charge in [0, 0.05) is 58.2 Å². The van der Waals surface area contributed by atoms with E-state index >= 15 is 0 Å². The molecule has 0 spiro atoms. The maximum atomic E-state index is 12.3. The molecule has 1 atom stereocenters. The Hall–Kier alpha value is -1.79. The predicted molar refractivity (Wildman–Crippen MR) is 94.8 cm³/mol. The van der Waals surface area contributed by atoms with Gasteiger partial charge in [-0.25, -0.2) is 4.79 Å². The van der Waals surface area contributed by atoms with E-state index in [2.05, 4.69) is 28.4 Å². The molecular formula is C19H27N3O3. The molecule has 0 radical (unpaired) electrons. The Morgan fingerprint density at radius 2 is 2.08 bits per heavy atom. The maximum Gasteiger partial charge on any atom is 0.317 e. The first kappa shape index (κ1) is 16.7. The minimum atomic E-state index is 0.0706.